The van der Waals surface area contributed by atoms with Crippen molar-refractivity contribution in [2.75, 3.05) is 27.2 Å². The number of amides is 7. The third-order valence-electron chi connectivity index (χ3n) is 15.2. The molecular weight excluding hydrogens is 995 g/mol. The van der Waals surface area contributed by atoms with Crippen LogP contribution in [0.3, 0.4) is 0 Å². The minimum Gasteiger partial charge on any atom is -0.458 e. The molecule has 0 radical (unpaired) electrons. The number of cyclic esters (lactones) is 2. The van der Waals surface area contributed by atoms with Gasteiger partial charge in [-0.15, -0.1) is 0 Å². The number of ketones is 1. The topological polar surface area (TPSA) is 279 Å². The summed E-state index contributed by atoms with van der Waals surface area (Å²) >= 11 is 0. The van der Waals surface area contributed by atoms with Crippen LogP contribution in [0, 0.1) is 29.6 Å². The Kier molecular flexibility index (Phi) is 23.6. The zero-order chi connectivity index (χ0) is 57.7. The number of likely N-dealkylation sites (tertiary alicyclic amines) is 1. The van der Waals surface area contributed by atoms with E-state index >= 15 is 0 Å². The predicted octanol–water partition coefficient (Wildman–Crippen LogP) is 2.31. The lowest BCUT2D eigenvalue weighted by molar-refractivity contribution is -0.163. The molecule has 0 aromatic heterocycles. The Morgan fingerprint density at radius 2 is 1.48 bits per heavy atom. The maximum absolute atomic E-state index is 15.0. The first kappa shape index (κ1) is 63.6. The quantitative estimate of drug-likeness (QED) is 0.132. The molecular formula is C56H87N7O14. The molecule has 0 bridgehead atoms. The molecule has 3 fully saturated rings. The number of esters is 2. The molecule has 1 aromatic carbocycles. The molecule has 4 rings (SSSR count). The molecule has 3 saturated heterocycles. The second kappa shape index (κ2) is 28.6. The largest absolute Gasteiger partial charge is 0.458 e. The number of carbonyl (C=O) groups excluding carboxylic acids is 10. The van der Waals surface area contributed by atoms with E-state index in [4.69, 9.17) is 9.47 Å². The molecule has 21 heteroatoms. The maximum Gasteiger partial charge on any atom is 0.329 e. The average Bonchev–Trinajstić information content (AvgIpc) is 4.08. The van der Waals surface area contributed by atoms with Gasteiger partial charge in [-0.25, -0.2) is 4.79 Å². The fraction of sp³-hybridized carbons (Fsp3) is 0.714. The average molecular weight is 1080 g/mol. The molecule has 1 unspecified atom stereocenters. The van der Waals surface area contributed by atoms with Crippen LogP contribution in [-0.2, 0) is 63.8 Å². The monoisotopic (exact) mass is 1080 g/mol. The molecule has 7 amide bonds. The van der Waals surface area contributed by atoms with Crippen LogP contribution in [0.15, 0.2) is 30.3 Å². The number of likely N-dealkylation sites (N-methyl/N-ethyl adjacent to an activating group) is 2. The maximum atomic E-state index is 15.0. The number of hydrogen-bond acceptors (Lipinski definition) is 14. The first-order valence-electron chi connectivity index (χ1n) is 27.5. The summed E-state index contributed by atoms with van der Waals surface area (Å²) in [5.74, 6) is -10.6. The molecule has 1 aromatic rings. The molecule has 0 saturated carbocycles. The van der Waals surface area contributed by atoms with Crippen molar-refractivity contribution in [2.45, 2.75) is 201 Å². The number of carbonyl (C=O) groups is 10. The van der Waals surface area contributed by atoms with E-state index in [1.807, 2.05) is 27.7 Å². The Bertz CT molecular complexity index is 2260. The second-order valence-electron chi connectivity index (χ2n) is 22.6. The number of Topliss-reactive ketones (excluding diaryl/α,β-unsaturated/α-hetero) is 1. The van der Waals surface area contributed by atoms with E-state index in [0.29, 0.717) is 24.8 Å². The number of benzene rings is 1. The molecule has 13 atom stereocenters. The lowest BCUT2D eigenvalue weighted by Crippen LogP contribution is -2.62. The van der Waals surface area contributed by atoms with Gasteiger partial charge in [-0.2, -0.15) is 0 Å². The van der Waals surface area contributed by atoms with E-state index in [2.05, 4.69) is 16.0 Å². The van der Waals surface area contributed by atoms with Crippen LogP contribution in [0.1, 0.15) is 133 Å². The normalized spacial score (nSPS) is 28.1. The number of nitrogens with zero attached hydrogens (tertiary/aromatic N) is 4. The third kappa shape index (κ3) is 16.5. The fourth-order valence-electron chi connectivity index (χ4n) is 10.4. The van der Waals surface area contributed by atoms with E-state index in [1.165, 1.54) is 54.5 Å². The van der Waals surface area contributed by atoms with Crippen molar-refractivity contribution in [1.29, 1.82) is 0 Å². The van der Waals surface area contributed by atoms with Crippen molar-refractivity contribution in [3.63, 3.8) is 0 Å². The summed E-state index contributed by atoms with van der Waals surface area (Å²) < 4.78 is 11.9. The highest BCUT2D eigenvalue weighted by molar-refractivity contribution is 6.05. The van der Waals surface area contributed by atoms with Gasteiger partial charge in [0, 0.05) is 33.6 Å². The van der Waals surface area contributed by atoms with Crippen molar-refractivity contribution in [1.82, 2.24) is 35.6 Å². The molecule has 3 heterocycles. The Balaban J connectivity index is 1.87. The SMILES string of the molecule is CC[C@H](C)[C@H]1NC(=O)[C@@H](NC(=O)[C@@H](CC(C)C)N(C)C(=O)C2CCCN2C(=O)[C@H](C)O)[C@@H](C)OC(=O)[C@H](Cc2ccccc2)N(C)C(=O)[C@@H]2CCCN2C(=O)[C@H](CC(C)C)NC(=O)[C@@H](C)C(=O)[C@H](C(C)C)OC(=O)C[C@@H]1O. The molecule has 77 heavy (non-hydrogen) atoms. The Morgan fingerprint density at radius 1 is 0.844 bits per heavy atom. The lowest BCUT2D eigenvalue weighted by Gasteiger charge is -2.36. The zero-order valence-electron chi connectivity index (χ0n) is 47.5. The van der Waals surface area contributed by atoms with Crippen LogP contribution in [0.25, 0.3) is 0 Å². The van der Waals surface area contributed by atoms with Crippen LogP contribution < -0.4 is 16.0 Å². The van der Waals surface area contributed by atoms with Gasteiger partial charge in [0.1, 0.15) is 48.5 Å². The van der Waals surface area contributed by atoms with Gasteiger partial charge in [0.15, 0.2) is 11.9 Å². The number of fused-ring (bicyclic) bond motifs is 1. The number of nitrogens with one attached hydrogen (secondary N) is 3. The van der Waals surface area contributed by atoms with Crippen molar-refractivity contribution < 1.29 is 67.6 Å². The highest BCUT2D eigenvalue weighted by atomic mass is 16.6. The van der Waals surface area contributed by atoms with Gasteiger partial charge in [0.05, 0.1) is 24.5 Å². The summed E-state index contributed by atoms with van der Waals surface area (Å²) in [4.78, 5) is 148. The van der Waals surface area contributed by atoms with Gasteiger partial charge in [-0.1, -0.05) is 92.1 Å². The standard InChI is InChI=1S/C56H87N7O14/c1-14-33(8)45-43(65)29-44(66)77-48(32(6)7)47(67)34(9)49(68)57-38(26-30(2)3)53(72)63-25-19-23-40(63)55(74)61(13)42(28-37-20-16-15-17-21-37)56(75)76-36(11)46(51(70)58-45)59-50(69)41(27-31(4)5)60(12)54(73)39-22-18-24-62(39)52(71)35(10)64/h15-17,20-21,30-36,38-43,45-46,48,64-65H,14,18-19,22-29H2,1-13H3,(H,57,68)(H,58,70)(H,59,69)/t33-,34-,35-,36+,38-,39?,40-,41+,42-,43-,45+,46-,48-/m0/s1. The Hall–Kier alpha value is -5.96. The number of aliphatic hydroxyl groups is 2. The molecule has 21 nitrogen and oxygen atoms in total. The van der Waals surface area contributed by atoms with E-state index in [0.717, 1.165) is 0 Å². The summed E-state index contributed by atoms with van der Waals surface area (Å²) in [5.41, 5.74) is 0.633. The highest BCUT2D eigenvalue weighted by Crippen LogP contribution is 2.27. The van der Waals surface area contributed by atoms with Crippen LogP contribution >= 0.6 is 0 Å². The van der Waals surface area contributed by atoms with Crippen molar-refractivity contribution in [3.05, 3.63) is 35.9 Å². The number of aliphatic hydroxyl groups excluding tert-OH is 2. The number of rotatable bonds is 14. The summed E-state index contributed by atoms with van der Waals surface area (Å²) in [5, 5.41) is 30.2. The van der Waals surface area contributed by atoms with Crippen LogP contribution in [-0.4, -0.2) is 183 Å². The van der Waals surface area contributed by atoms with Gasteiger partial charge in [-0.05, 0) is 88.5 Å². The molecule has 0 spiro atoms. The van der Waals surface area contributed by atoms with Crippen molar-refractivity contribution in [2.24, 2.45) is 29.6 Å². The molecule has 0 aliphatic carbocycles. The van der Waals surface area contributed by atoms with Crippen LogP contribution in [0.5, 0.6) is 0 Å². The third-order valence-corrected chi connectivity index (χ3v) is 15.2. The Labute approximate surface area is 454 Å². The Morgan fingerprint density at radius 3 is 2.06 bits per heavy atom. The van der Waals surface area contributed by atoms with E-state index in [1.54, 1.807) is 58.0 Å². The first-order valence-corrected chi connectivity index (χ1v) is 27.5. The van der Waals surface area contributed by atoms with Gasteiger partial charge < -0.3 is 55.2 Å². The first-order chi connectivity index (χ1) is 36.1. The van der Waals surface area contributed by atoms with Crippen LogP contribution in [0.2, 0.25) is 0 Å². The van der Waals surface area contributed by atoms with E-state index < -0.39 is 150 Å². The summed E-state index contributed by atoms with van der Waals surface area (Å²) in [6.07, 6.45) is -4.82. The highest BCUT2D eigenvalue weighted by Gasteiger charge is 2.46. The minimum absolute atomic E-state index is 0.0780. The van der Waals surface area contributed by atoms with E-state index in [-0.39, 0.29) is 57.0 Å². The molecule has 3 aliphatic heterocycles. The van der Waals surface area contributed by atoms with Gasteiger partial charge >= 0.3 is 11.9 Å². The summed E-state index contributed by atoms with van der Waals surface area (Å²) in [6.45, 7) is 18.5. The molecule has 3 aliphatic rings. The summed E-state index contributed by atoms with van der Waals surface area (Å²) in [6, 6.07) is 0.00586. The minimum atomic E-state index is -1.74. The fourth-order valence-corrected chi connectivity index (χ4v) is 10.4. The van der Waals surface area contributed by atoms with Crippen LogP contribution in [0.4, 0.5) is 0 Å². The smallest absolute Gasteiger partial charge is 0.329 e. The van der Waals surface area contributed by atoms with Crippen molar-refractivity contribution in [3.8, 4) is 0 Å². The van der Waals surface area contributed by atoms with Gasteiger partial charge in [0.25, 0.3) is 5.91 Å². The number of hydrogen-bond donors (Lipinski definition) is 5. The molecule has 5 N–H and O–H groups in total. The number of ether oxygens (including phenoxy) is 2. The lowest BCUT2D eigenvalue weighted by atomic mass is 9.91. The second-order valence-corrected chi connectivity index (χ2v) is 22.6. The summed E-state index contributed by atoms with van der Waals surface area (Å²) in [7, 11) is 2.82. The predicted molar refractivity (Wildman–Crippen MR) is 284 cm³/mol. The van der Waals surface area contributed by atoms with Crippen molar-refractivity contribution >= 4 is 59.1 Å². The van der Waals surface area contributed by atoms with E-state index in [9.17, 15) is 58.2 Å². The zero-order valence-corrected chi connectivity index (χ0v) is 47.5. The van der Waals surface area contributed by atoms with Gasteiger partial charge in [0.2, 0.25) is 35.4 Å². The molecule has 430 valence electrons. The van der Waals surface area contributed by atoms with Gasteiger partial charge in [-0.3, -0.25) is 43.2 Å².